The second-order valence-electron chi connectivity index (χ2n) is 13.4. The molecule has 0 bridgehead atoms. The van der Waals surface area contributed by atoms with Gasteiger partial charge in [0.2, 0.25) is 17.7 Å². The van der Waals surface area contributed by atoms with Crippen LogP contribution in [0.2, 0.25) is 0 Å². The van der Waals surface area contributed by atoms with Gasteiger partial charge < -0.3 is 30.9 Å². The van der Waals surface area contributed by atoms with Crippen LogP contribution in [-0.2, 0) is 28.8 Å². The average molecular weight is 682 g/mol. The standard InChI is InChI=1S/C32H55N7O9/c1-2-3-7-33-27(40)18-34-32(48)25-4-5-26-19-39(8-6-24(26)17-25)28(41)20-35-9-11-36(21-29(42)43)13-15-38(23-31(46)47)16-14-37(12-10-35)22-30(44)45/h24-26H,2-23H2,1H3,(H,33,40)(H,34,48)(H,42,43)(H,44,45)(H,46,47). The Morgan fingerprint density at radius 3 is 1.60 bits per heavy atom. The molecule has 0 aromatic rings. The molecule has 0 radical (unpaired) electrons. The lowest BCUT2D eigenvalue weighted by molar-refractivity contribution is -0.141. The van der Waals surface area contributed by atoms with Gasteiger partial charge in [0.25, 0.3) is 0 Å². The molecule has 3 unspecified atom stereocenters. The summed E-state index contributed by atoms with van der Waals surface area (Å²) in [4.78, 5) is 81.9. The number of carbonyl (C=O) groups is 6. The Kier molecular flexibility index (Phi) is 16.5. The minimum Gasteiger partial charge on any atom is -0.480 e. The number of hydrogen-bond acceptors (Lipinski definition) is 10. The summed E-state index contributed by atoms with van der Waals surface area (Å²) in [5.41, 5.74) is 0. The first-order chi connectivity index (χ1) is 22.9. The summed E-state index contributed by atoms with van der Waals surface area (Å²) in [6.07, 6.45) is 4.95. The largest absolute Gasteiger partial charge is 0.480 e. The molecule has 5 N–H and O–H groups in total. The number of unbranched alkanes of at least 4 members (excludes halogenated alkanes) is 1. The molecule has 3 amide bonds. The molecule has 2 saturated heterocycles. The van der Waals surface area contributed by atoms with Crippen LogP contribution in [0.5, 0.6) is 0 Å². The van der Waals surface area contributed by atoms with Gasteiger partial charge in [-0.05, 0) is 43.9 Å². The Labute approximate surface area is 282 Å². The molecule has 0 aromatic carbocycles. The summed E-state index contributed by atoms with van der Waals surface area (Å²) < 4.78 is 0. The highest BCUT2D eigenvalue weighted by Gasteiger charge is 2.38. The average Bonchev–Trinajstić information content (AvgIpc) is 3.03. The second kappa shape index (κ2) is 20.2. The van der Waals surface area contributed by atoms with Crippen LogP contribution in [0.1, 0.15) is 45.4 Å². The number of carboxylic acid groups (broad SMARTS) is 3. The number of nitrogens with zero attached hydrogens (tertiary/aromatic N) is 5. The molecule has 3 atom stereocenters. The number of hydrogen-bond donors (Lipinski definition) is 5. The maximum Gasteiger partial charge on any atom is 0.317 e. The maximum atomic E-state index is 13.6. The zero-order valence-electron chi connectivity index (χ0n) is 28.3. The van der Waals surface area contributed by atoms with Crippen molar-refractivity contribution in [3.05, 3.63) is 0 Å². The maximum absolute atomic E-state index is 13.6. The molecule has 2 heterocycles. The lowest BCUT2D eigenvalue weighted by Crippen LogP contribution is -2.52. The van der Waals surface area contributed by atoms with Gasteiger partial charge in [-0.25, -0.2) is 0 Å². The van der Waals surface area contributed by atoms with Crippen LogP contribution >= 0.6 is 0 Å². The number of amides is 3. The van der Waals surface area contributed by atoms with Gasteiger partial charge in [0, 0.05) is 77.9 Å². The third-order valence-electron chi connectivity index (χ3n) is 9.73. The third-order valence-corrected chi connectivity index (χ3v) is 9.73. The molecule has 16 nitrogen and oxygen atoms in total. The number of piperidine rings is 1. The first kappa shape index (κ1) is 39.1. The van der Waals surface area contributed by atoms with Crippen LogP contribution < -0.4 is 10.6 Å². The van der Waals surface area contributed by atoms with E-state index in [9.17, 15) is 44.1 Å². The summed E-state index contributed by atoms with van der Waals surface area (Å²) in [5.74, 6) is -2.82. The van der Waals surface area contributed by atoms with Crippen molar-refractivity contribution < 1.29 is 44.1 Å². The SMILES string of the molecule is CCCCNC(=O)CNC(=O)C1CCC2CN(C(=O)CN3CCN(CC(=O)O)CCN(CC(=O)O)CCN(CC(=O)O)CC3)CCC2C1. The molecule has 0 spiro atoms. The lowest BCUT2D eigenvalue weighted by Gasteiger charge is -2.43. The third kappa shape index (κ3) is 14.0. The van der Waals surface area contributed by atoms with E-state index in [0.717, 1.165) is 32.1 Å². The Balaban J connectivity index is 1.56. The first-order valence-electron chi connectivity index (χ1n) is 17.3. The predicted molar refractivity (Wildman–Crippen MR) is 175 cm³/mol. The summed E-state index contributed by atoms with van der Waals surface area (Å²) in [6, 6.07) is 0. The molecule has 272 valence electrons. The topological polar surface area (TPSA) is 203 Å². The van der Waals surface area contributed by atoms with Gasteiger partial charge in [-0.3, -0.25) is 48.4 Å². The van der Waals surface area contributed by atoms with E-state index < -0.39 is 17.9 Å². The fourth-order valence-corrected chi connectivity index (χ4v) is 6.94. The van der Waals surface area contributed by atoms with Crippen LogP contribution in [0, 0.1) is 17.8 Å². The summed E-state index contributed by atoms with van der Waals surface area (Å²) >= 11 is 0. The van der Waals surface area contributed by atoms with E-state index in [2.05, 4.69) is 10.6 Å². The van der Waals surface area contributed by atoms with E-state index in [-0.39, 0.29) is 56.4 Å². The van der Waals surface area contributed by atoms with E-state index in [1.165, 1.54) is 0 Å². The summed E-state index contributed by atoms with van der Waals surface area (Å²) in [7, 11) is 0. The fourth-order valence-electron chi connectivity index (χ4n) is 6.94. The van der Waals surface area contributed by atoms with Crippen LogP contribution in [0.15, 0.2) is 0 Å². The van der Waals surface area contributed by atoms with Crippen LogP contribution in [-0.4, -0.2) is 180 Å². The summed E-state index contributed by atoms with van der Waals surface area (Å²) in [5, 5.41) is 33.9. The van der Waals surface area contributed by atoms with Crippen LogP contribution in [0.25, 0.3) is 0 Å². The van der Waals surface area contributed by atoms with Crippen molar-refractivity contribution in [2.75, 3.05) is 105 Å². The molecule has 48 heavy (non-hydrogen) atoms. The Morgan fingerprint density at radius 2 is 1.12 bits per heavy atom. The van der Waals surface area contributed by atoms with Crippen LogP contribution in [0.3, 0.4) is 0 Å². The minimum atomic E-state index is -1.01. The van der Waals surface area contributed by atoms with Crippen molar-refractivity contribution in [3.8, 4) is 0 Å². The van der Waals surface area contributed by atoms with E-state index in [1.807, 2.05) is 16.7 Å². The number of likely N-dealkylation sites (tertiary alicyclic amines) is 1. The molecular weight excluding hydrogens is 626 g/mol. The number of carboxylic acids is 3. The first-order valence-corrected chi connectivity index (χ1v) is 17.3. The number of fused-ring (bicyclic) bond motifs is 1. The predicted octanol–water partition coefficient (Wildman–Crippen LogP) is -1.24. The van der Waals surface area contributed by atoms with E-state index in [1.54, 1.807) is 14.7 Å². The number of rotatable bonds is 14. The van der Waals surface area contributed by atoms with Gasteiger partial charge in [-0.15, -0.1) is 0 Å². The molecular formula is C32H55N7O9. The Hall–Kier alpha value is -3.34. The normalized spacial score (nSPS) is 24.0. The van der Waals surface area contributed by atoms with Crippen LogP contribution in [0.4, 0.5) is 0 Å². The van der Waals surface area contributed by atoms with Crippen molar-refractivity contribution in [2.24, 2.45) is 17.8 Å². The monoisotopic (exact) mass is 681 g/mol. The van der Waals surface area contributed by atoms with E-state index >= 15 is 0 Å². The zero-order valence-corrected chi connectivity index (χ0v) is 28.3. The van der Waals surface area contributed by atoms with Crippen molar-refractivity contribution in [3.63, 3.8) is 0 Å². The minimum absolute atomic E-state index is 0.0166. The molecule has 1 aliphatic carbocycles. The Bertz CT molecular complexity index is 1080. The smallest absolute Gasteiger partial charge is 0.317 e. The van der Waals surface area contributed by atoms with E-state index in [4.69, 9.17) is 0 Å². The van der Waals surface area contributed by atoms with Gasteiger partial charge in [0.1, 0.15) is 0 Å². The molecule has 1 saturated carbocycles. The highest BCUT2D eigenvalue weighted by Crippen LogP contribution is 2.39. The zero-order chi connectivity index (χ0) is 35.1. The highest BCUT2D eigenvalue weighted by atomic mass is 16.4. The van der Waals surface area contributed by atoms with E-state index in [0.29, 0.717) is 90.2 Å². The van der Waals surface area contributed by atoms with Crippen molar-refractivity contribution in [2.45, 2.75) is 45.4 Å². The quantitative estimate of drug-likeness (QED) is 0.136. The lowest BCUT2D eigenvalue weighted by atomic mass is 9.70. The van der Waals surface area contributed by atoms with Gasteiger partial charge in [-0.2, -0.15) is 0 Å². The molecule has 3 rings (SSSR count). The Morgan fingerprint density at radius 1 is 0.625 bits per heavy atom. The number of carbonyl (C=O) groups excluding carboxylic acids is 3. The molecule has 0 aromatic heterocycles. The van der Waals surface area contributed by atoms with Crippen molar-refractivity contribution in [1.29, 1.82) is 0 Å². The molecule has 2 aliphatic heterocycles. The second-order valence-corrected chi connectivity index (χ2v) is 13.4. The number of aliphatic carboxylic acids is 3. The molecule has 16 heteroatoms. The molecule has 3 fully saturated rings. The van der Waals surface area contributed by atoms with Gasteiger partial charge in [0.05, 0.1) is 32.7 Å². The highest BCUT2D eigenvalue weighted by molar-refractivity contribution is 5.85. The fraction of sp³-hybridized carbons (Fsp3) is 0.812. The van der Waals surface area contributed by atoms with Crippen molar-refractivity contribution in [1.82, 2.24) is 35.1 Å². The van der Waals surface area contributed by atoms with Gasteiger partial charge in [-0.1, -0.05) is 13.3 Å². The molecule has 3 aliphatic rings. The van der Waals surface area contributed by atoms with Gasteiger partial charge >= 0.3 is 17.9 Å². The van der Waals surface area contributed by atoms with Gasteiger partial charge in [0.15, 0.2) is 0 Å². The summed E-state index contributed by atoms with van der Waals surface area (Å²) in [6.45, 7) is 6.05. The van der Waals surface area contributed by atoms with Crippen molar-refractivity contribution >= 4 is 35.6 Å². The number of nitrogens with one attached hydrogen (secondary N) is 2.